The monoisotopic (exact) mass is 450 g/mol. The van der Waals surface area contributed by atoms with E-state index in [4.69, 9.17) is 0 Å². The molecule has 0 nitrogen and oxygen atoms in total. The fourth-order valence-corrected chi connectivity index (χ4v) is 14.1. The molecule has 0 bridgehead atoms. The molecular weight excluding hydrogens is 402 g/mol. The SMILES string of the molecule is CC1CCCC(C2=C([Si](C)(C)C3C4C=CC=CC4C4CCCCC43)CC=C2)(C(C)C)C1.[H-].[H-].[Li+].[Li+]. The van der Waals surface area contributed by atoms with Gasteiger partial charge in [-0.15, -0.1) is 0 Å². The molecule has 0 radical (unpaired) electrons. The van der Waals surface area contributed by atoms with Crippen LogP contribution in [0.5, 0.6) is 0 Å². The molecule has 0 amide bonds. The second kappa shape index (κ2) is 10.8. The van der Waals surface area contributed by atoms with Crippen LogP contribution in [0.3, 0.4) is 0 Å². The van der Waals surface area contributed by atoms with Gasteiger partial charge >= 0.3 is 37.7 Å². The zero-order chi connectivity index (χ0) is 21.8. The molecule has 5 aliphatic rings. The second-order valence-electron chi connectivity index (χ2n) is 12.8. The summed E-state index contributed by atoms with van der Waals surface area (Å²) in [7, 11) is -1.58. The van der Waals surface area contributed by atoms with Crippen LogP contribution in [0.1, 0.15) is 81.4 Å². The first-order valence-corrected chi connectivity index (χ1v) is 16.7. The van der Waals surface area contributed by atoms with E-state index in [1.165, 1.54) is 57.8 Å². The minimum Gasteiger partial charge on any atom is -1.00 e. The molecule has 0 heterocycles. The molecule has 0 saturated heterocycles. The van der Waals surface area contributed by atoms with Crippen LogP contribution in [0.4, 0.5) is 0 Å². The summed E-state index contributed by atoms with van der Waals surface area (Å²) < 4.78 is 0. The van der Waals surface area contributed by atoms with Gasteiger partial charge in [0.25, 0.3) is 0 Å². The first-order chi connectivity index (χ1) is 14.9. The standard InChI is InChI=1S/C30H46Si.2Li.2H/c1-21(2)30(19-11-12-22(3)20-30)27-17-10-18-28(27)31(4,5)29-25-15-8-6-13-23(25)24-14-7-9-16-26(24)29;;;;/h6,8,10,13,15,17,21-26,29H,7,9,11-12,14,16,18-20H2,1-5H3;;;;/q;2*+1;2*-1. The van der Waals surface area contributed by atoms with Gasteiger partial charge in [0, 0.05) is 0 Å². The molecule has 0 N–H and O–H groups in total. The van der Waals surface area contributed by atoms with Crippen molar-refractivity contribution in [3.63, 3.8) is 0 Å². The molecule has 5 rings (SSSR count). The summed E-state index contributed by atoms with van der Waals surface area (Å²) in [5, 5.41) is 1.97. The molecule has 0 aromatic carbocycles. The van der Waals surface area contributed by atoms with Gasteiger partial charge in [0.1, 0.15) is 0 Å². The molecule has 7 atom stereocenters. The van der Waals surface area contributed by atoms with Crippen LogP contribution < -0.4 is 37.7 Å². The van der Waals surface area contributed by atoms with Crippen LogP contribution in [0, 0.1) is 40.9 Å². The zero-order valence-electron chi connectivity index (χ0n) is 24.9. The fourth-order valence-electron chi connectivity index (χ4n) is 9.30. The molecule has 0 spiro atoms. The third kappa shape index (κ3) is 4.62. The average Bonchev–Trinajstić information content (AvgIpc) is 3.38. The van der Waals surface area contributed by atoms with Crippen LogP contribution in [0.2, 0.25) is 18.6 Å². The number of hydrogen-bond acceptors (Lipinski definition) is 0. The van der Waals surface area contributed by atoms with E-state index in [0.29, 0.717) is 5.41 Å². The second-order valence-corrected chi connectivity index (χ2v) is 17.5. The number of fused-ring (bicyclic) bond motifs is 3. The third-order valence-corrected chi connectivity index (χ3v) is 15.2. The molecule has 33 heavy (non-hydrogen) atoms. The first kappa shape index (κ1) is 28.0. The summed E-state index contributed by atoms with van der Waals surface area (Å²) in [6.07, 6.45) is 28.1. The predicted octanol–water partition coefficient (Wildman–Crippen LogP) is 3.12. The number of allylic oxidation sites excluding steroid dienone is 8. The molecule has 7 unspecified atom stereocenters. The molecule has 3 heteroatoms. The van der Waals surface area contributed by atoms with Crippen molar-refractivity contribution in [2.24, 2.45) is 40.9 Å². The van der Waals surface area contributed by atoms with Gasteiger partial charge in [0.2, 0.25) is 0 Å². The predicted molar refractivity (Wildman–Crippen MR) is 140 cm³/mol. The molecule has 0 aromatic heterocycles. The maximum absolute atomic E-state index is 2.79. The summed E-state index contributed by atoms with van der Waals surface area (Å²) in [5.74, 6) is 5.22. The topological polar surface area (TPSA) is 0 Å². The van der Waals surface area contributed by atoms with Gasteiger partial charge in [-0.05, 0) is 77.7 Å². The van der Waals surface area contributed by atoms with E-state index in [1.807, 2.05) is 10.8 Å². The van der Waals surface area contributed by atoms with E-state index in [2.05, 4.69) is 70.3 Å². The maximum Gasteiger partial charge on any atom is 1.00 e. The molecular formula is C30H48Li2Si. The quantitative estimate of drug-likeness (QED) is 0.578. The normalized spacial score (nSPS) is 39.8. The smallest absolute Gasteiger partial charge is 1.00 e. The Hall–Kier alpha value is 0.372. The van der Waals surface area contributed by atoms with Gasteiger partial charge in [-0.2, -0.15) is 0 Å². The van der Waals surface area contributed by atoms with Crippen molar-refractivity contribution in [3.8, 4) is 0 Å². The van der Waals surface area contributed by atoms with Crippen molar-refractivity contribution >= 4 is 8.07 Å². The minimum atomic E-state index is -1.58. The molecule has 0 aromatic rings. The Kier molecular flexibility index (Phi) is 9.13. The van der Waals surface area contributed by atoms with Crippen LogP contribution in [0.25, 0.3) is 0 Å². The van der Waals surface area contributed by atoms with Gasteiger partial charge in [0.05, 0.1) is 8.07 Å². The summed E-state index contributed by atoms with van der Waals surface area (Å²) in [4.78, 5) is 0. The zero-order valence-corrected chi connectivity index (χ0v) is 23.9. The van der Waals surface area contributed by atoms with Gasteiger partial charge in [-0.1, -0.05) is 108 Å². The van der Waals surface area contributed by atoms with Crippen LogP contribution in [-0.2, 0) is 0 Å². The van der Waals surface area contributed by atoms with Gasteiger partial charge in [-0.25, -0.2) is 0 Å². The Morgan fingerprint density at radius 3 is 2.27 bits per heavy atom. The Morgan fingerprint density at radius 1 is 0.939 bits per heavy atom. The van der Waals surface area contributed by atoms with Gasteiger partial charge < -0.3 is 2.85 Å². The van der Waals surface area contributed by atoms with Crippen molar-refractivity contribution < 1.29 is 40.6 Å². The van der Waals surface area contributed by atoms with Crippen molar-refractivity contribution in [3.05, 3.63) is 47.2 Å². The number of rotatable bonds is 4. The molecule has 3 fully saturated rings. The van der Waals surface area contributed by atoms with Crippen LogP contribution >= 0.6 is 0 Å². The summed E-state index contributed by atoms with van der Waals surface area (Å²) in [6, 6.07) is 0. The largest absolute Gasteiger partial charge is 1.00 e. The molecule has 3 saturated carbocycles. The van der Waals surface area contributed by atoms with E-state index >= 15 is 0 Å². The third-order valence-electron chi connectivity index (χ3n) is 10.7. The summed E-state index contributed by atoms with van der Waals surface area (Å²) >= 11 is 0. The Morgan fingerprint density at radius 2 is 1.61 bits per heavy atom. The van der Waals surface area contributed by atoms with Gasteiger partial charge in [0.15, 0.2) is 0 Å². The van der Waals surface area contributed by atoms with E-state index < -0.39 is 8.07 Å². The number of hydrogen-bond donors (Lipinski definition) is 0. The van der Waals surface area contributed by atoms with Crippen molar-refractivity contribution in [1.29, 1.82) is 0 Å². The fraction of sp³-hybridized carbons (Fsp3) is 0.733. The van der Waals surface area contributed by atoms with E-state index in [9.17, 15) is 0 Å². The van der Waals surface area contributed by atoms with Crippen LogP contribution in [0.15, 0.2) is 47.2 Å². The van der Waals surface area contributed by atoms with Crippen molar-refractivity contribution in [2.45, 2.75) is 97.2 Å². The van der Waals surface area contributed by atoms with E-state index in [1.54, 1.807) is 0 Å². The molecule has 5 aliphatic carbocycles. The van der Waals surface area contributed by atoms with E-state index in [0.717, 1.165) is 41.0 Å². The van der Waals surface area contributed by atoms with Crippen LogP contribution in [-0.4, -0.2) is 8.07 Å². The Balaban J connectivity index is 0.00000153. The Labute approximate surface area is 232 Å². The summed E-state index contributed by atoms with van der Waals surface area (Å²) in [6.45, 7) is 13.2. The van der Waals surface area contributed by atoms with Crippen molar-refractivity contribution in [1.82, 2.24) is 0 Å². The van der Waals surface area contributed by atoms with E-state index in [-0.39, 0.29) is 40.6 Å². The average molecular weight is 451 g/mol. The summed E-state index contributed by atoms with van der Waals surface area (Å²) in [5.41, 5.74) is 3.23. The Bertz CT molecular complexity index is 830. The molecule has 174 valence electrons. The molecule has 0 aliphatic heterocycles. The van der Waals surface area contributed by atoms with Crippen molar-refractivity contribution in [2.75, 3.05) is 0 Å². The minimum absolute atomic E-state index is 0. The first-order valence-electron chi connectivity index (χ1n) is 13.6. The maximum atomic E-state index is 2.79. The van der Waals surface area contributed by atoms with Gasteiger partial charge in [-0.3, -0.25) is 0 Å².